The third-order valence-electron chi connectivity index (χ3n) is 4.76. The smallest absolute Gasteiger partial charge is 0.306 e. The first-order valence-corrected chi connectivity index (χ1v) is 7.95. The van der Waals surface area contributed by atoms with Crippen LogP contribution in [-0.4, -0.2) is 34.9 Å². The van der Waals surface area contributed by atoms with E-state index in [9.17, 15) is 9.90 Å². The van der Waals surface area contributed by atoms with Crippen molar-refractivity contribution < 1.29 is 19.7 Å². The van der Waals surface area contributed by atoms with E-state index in [2.05, 4.69) is 5.32 Å². The van der Waals surface area contributed by atoms with Crippen molar-refractivity contribution in [3.05, 3.63) is 29.3 Å². The number of rotatable bonds is 3. The number of aliphatic hydroxyl groups is 1. The van der Waals surface area contributed by atoms with E-state index in [1.807, 2.05) is 25.1 Å². The summed E-state index contributed by atoms with van der Waals surface area (Å²) in [5.74, 6) is -0.242. The Hall–Kier alpha value is -1.59. The van der Waals surface area contributed by atoms with Crippen molar-refractivity contribution in [2.45, 2.75) is 50.8 Å². The maximum atomic E-state index is 11.2. The van der Waals surface area contributed by atoms with Crippen LogP contribution in [0.4, 0.5) is 0 Å². The second-order valence-electron chi connectivity index (χ2n) is 6.47. The zero-order valence-electron chi connectivity index (χ0n) is 12.8. The summed E-state index contributed by atoms with van der Waals surface area (Å²) in [6.45, 7) is 2.40. The van der Waals surface area contributed by atoms with E-state index in [4.69, 9.17) is 9.84 Å². The maximum Gasteiger partial charge on any atom is 0.306 e. The molecule has 1 heterocycles. The molecule has 5 heteroatoms. The summed E-state index contributed by atoms with van der Waals surface area (Å²) in [6, 6.07) is 5.76. The molecule has 1 aliphatic carbocycles. The predicted octanol–water partition coefficient (Wildman–Crippen LogP) is 2.02. The molecule has 0 bridgehead atoms. The van der Waals surface area contributed by atoms with E-state index in [1.54, 1.807) is 0 Å². The zero-order chi connectivity index (χ0) is 15.7. The van der Waals surface area contributed by atoms with Gasteiger partial charge in [0.05, 0.1) is 12.0 Å². The standard InChI is InChI=1S/C17H23NO4/c1-10-5-6-13-15(7-10)22-9-14(16(13)19)18-12-4-2-3-11(8-12)17(20)21/h5-7,11-12,14,16,18-19H,2-4,8-9H2,1H3,(H,20,21)/t11-,12-,14-,16+/m1/s1. The van der Waals surface area contributed by atoms with E-state index in [0.717, 1.165) is 36.1 Å². The van der Waals surface area contributed by atoms with Crippen LogP contribution in [0.25, 0.3) is 0 Å². The molecule has 0 amide bonds. The molecule has 4 atom stereocenters. The zero-order valence-corrected chi connectivity index (χ0v) is 12.8. The van der Waals surface area contributed by atoms with Crippen molar-refractivity contribution in [2.24, 2.45) is 5.92 Å². The minimum Gasteiger partial charge on any atom is -0.491 e. The highest BCUT2D eigenvalue weighted by Crippen LogP contribution is 2.34. The van der Waals surface area contributed by atoms with Crippen molar-refractivity contribution in [1.82, 2.24) is 5.32 Å². The minimum atomic E-state index is -0.715. The summed E-state index contributed by atoms with van der Waals surface area (Å²) in [6.07, 6.45) is 2.62. The van der Waals surface area contributed by atoms with Gasteiger partial charge < -0.3 is 20.3 Å². The number of aryl methyl sites for hydroxylation is 1. The summed E-state index contributed by atoms with van der Waals surface area (Å²) in [5, 5.41) is 23.1. The maximum absolute atomic E-state index is 11.2. The molecule has 0 spiro atoms. The fourth-order valence-corrected chi connectivity index (χ4v) is 3.51. The van der Waals surface area contributed by atoms with Gasteiger partial charge in [-0.25, -0.2) is 0 Å². The Morgan fingerprint density at radius 2 is 2.18 bits per heavy atom. The van der Waals surface area contributed by atoms with Crippen LogP contribution < -0.4 is 10.1 Å². The molecule has 1 aromatic rings. The largest absolute Gasteiger partial charge is 0.491 e. The normalized spacial score (nSPS) is 31.2. The van der Waals surface area contributed by atoms with Crippen molar-refractivity contribution in [2.75, 3.05) is 6.61 Å². The van der Waals surface area contributed by atoms with Gasteiger partial charge in [0.1, 0.15) is 18.5 Å². The summed E-state index contributed by atoms with van der Waals surface area (Å²) >= 11 is 0. The molecule has 3 N–H and O–H groups in total. The van der Waals surface area contributed by atoms with E-state index in [-0.39, 0.29) is 18.0 Å². The first kappa shape index (κ1) is 15.3. The van der Waals surface area contributed by atoms with Gasteiger partial charge in [-0.15, -0.1) is 0 Å². The summed E-state index contributed by atoms with van der Waals surface area (Å²) in [7, 11) is 0. The first-order valence-electron chi connectivity index (χ1n) is 7.95. The molecule has 1 saturated carbocycles. The van der Waals surface area contributed by atoms with Gasteiger partial charge in [0.25, 0.3) is 0 Å². The van der Waals surface area contributed by atoms with Gasteiger partial charge in [-0.3, -0.25) is 4.79 Å². The van der Waals surface area contributed by atoms with Crippen molar-refractivity contribution in [3.8, 4) is 5.75 Å². The van der Waals surface area contributed by atoms with Gasteiger partial charge in [-0.05, 0) is 37.8 Å². The third-order valence-corrected chi connectivity index (χ3v) is 4.76. The Balaban J connectivity index is 1.66. The van der Waals surface area contributed by atoms with Crippen LogP contribution in [0.1, 0.15) is 42.9 Å². The van der Waals surface area contributed by atoms with Gasteiger partial charge in [-0.1, -0.05) is 18.6 Å². The van der Waals surface area contributed by atoms with Gasteiger partial charge in [0, 0.05) is 11.6 Å². The number of carbonyl (C=O) groups is 1. The van der Waals surface area contributed by atoms with Crippen LogP contribution in [0.3, 0.4) is 0 Å². The molecular weight excluding hydrogens is 282 g/mol. The number of aliphatic hydroxyl groups excluding tert-OH is 1. The molecule has 1 fully saturated rings. The molecule has 1 aromatic carbocycles. The lowest BCUT2D eigenvalue weighted by Crippen LogP contribution is -2.49. The van der Waals surface area contributed by atoms with Crippen LogP contribution in [0.2, 0.25) is 0 Å². The molecule has 3 rings (SSSR count). The Labute approximate surface area is 130 Å². The third kappa shape index (κ3) is 3.10. The second kappa shape index (κ2) is 6.26. The average Bonchev–Trinajstić information content (AvgIpc) is 2.50. The summed E-state index contributed by atoms with van der Waals surface area (Å²) in [5.41, 5.74) is 1.91. The molecule has 0 aromatic heterocycles. The highest BCUT2D eigenvalue weighted by atomic mass is 16.5. The lowest BCUT2D eigenvalue weighted by Gasteiger charge is -2.36. The highest BCUT2D eigenvalue weighted by molar-refractivity contribution is 5.70. The molecule has 5 nitrogen and oxygen atoms in total. The number of fused-ring (bicyclic) bond motifs is 1. The number of nitrogens with one attached hydrogen (secondary N) is 1. The Morgan fingerprint density at radius 3 is 2.95 bits per heavy atom. The summed E-state index contributed by atoms with van der Waals surface area (Å²) < 4.78 is 5.76. The highest BCUT2D eigenvalue weighted by Gasteiger charge is 2.33. The lowest BCUT2D eigenvalue weighted by molar-refractivity contribution is -0.143. The van der Waals surface area contributed by atoms with Crippen LogP contribution in [0, 0.1) is 12.8 Å². The Morgan fingerprint density at radius 1 is 1.36 bits per heavy atom. The van der Waals surface area contributed by atoms with Gasteiger partial charge in [-0.2, -0.15) is 0 Å². The number of benzene rings is 1. The van der Waals surface area contributed by atoms with Crippen LogP contribution in [0.15, 0.2) is 18.2 Å². The molecule has 1 aliphatic heterocycles. The van der Waals surface area contributed by atoms with Crippen LogP contribution >= 0.6 is 0 Å². The topological polar surface area (TPSA) is 78.8 Å². The van der Waals surface area contributed by atoms with Crippen LogP contribution in [0.5, 0.6) is 5.75 Å². The first-order chi connectivity index (χ1) is 10.5. The molecule has 0 unspecified atom stereocenters. The SMILES string of the molecule is Cc1ccc2c(c1)OC[C@@H](N[C@@H]1CCC[C@@H](C(=O)O)C1)[C@H]2O. The van der Waals surface area contributed by atoms with Gasteiger partial charge >= 0.3 is 5.97 Å². The fourth-order valence-electron chi connectivity index (χ4n) is 3.51. The van der Waals surface area contributed by atoms with E-state index in [1.165, 1.54) is 0 Å². The molecular formula is C17H23NO4. The molecule has 0 radical (unpaired) electrons. The minimum absolute atomic E-state index is 0.130. The fraction of sp³-hybridized carbons (Fsp3) is 0.588. The number of aliphatic carboxylic acids is 1. The van der Waals surface area contributed by atoms with Crippen molar-refractivity contribution >= 4 is 5.97 Å². The van der Waals surface area contributed by atoms with Crippen LogP contribution in [-0.2, 0) is 4.79 Å². The number of hydrogen-bond donors (Lipinski definition) is 3. The molecule has 2 aliphatic rings. The number of carboxylic acids is 1. The number of carboxylic acid groups (broad SMARTS) is 1. The quantitative estimate of drug-likeness (QED) is 0.796. The molecule has 22 heavy (non-hydrogen) atoms. The number of hydrogen-bond acceptors (Lipinski definition) is 4. The van der Waals surface area contributed by atoms with E-state index in [0.29, 0.717) is 13.0 Å². The van der Waals surface area contributed by atoms with Crippen molar-refractivity contribution in [1.29, 1.82) is 0 Å². The Bertz CT molecular complexity index is 560. The summed E-state index contributed by atoms with van der Waals surface area (Å²) in [4.78, 5) is 11.2. The lowest BCUT2D eigenvalue weighted by atomic mass is 9.85. The average molecular weight is 305 g/mol. The molecule has 120 valence electrons. The molecule has 0 saturated heterocycles. The predicted molar refractivity (Wildman–Crippen MR) is 81.9 cm³/mol. The monoisotopic (exact) mass is 305 g/mol. The number of ether oxygens (including phenoxy) is 1. The van der Waals surface area contributed by atoms with Crippen molar-refractivity contribution in [3.63, 3.8) is 0 Å². The van der Waals surface area contributed by atoms with Gasteiger partial charge in [0.2, 0.25) is 0 Å². The van der Waals surface area contributed by atoms with E-state index >= 15 is 0 Å². The van der Waals surface area contributed by atoms with Gasteiger partial charge in [0.15, 0.2) is 0 Å². The van der Waals surface area contributed by atoms with E-state index < -0.39 is 12.1 Å². The second-order valence-corrected chi connectivity index (χ2v) is 6.47. The Kier molecular flexibility index (Phi) is 4.36.